The molecule has 7 nitrogen and oxygen atoms in total. The molecule has 0 spiro atoms. The first-order valence-corrected chi connectivity index (χ1v) is 10.6. The Morgan fingerprint density at radius 1 is 1.00 bits per heavy atom. The number of hydrogen-bond donors (Lipinski definition) is 0. The maximum absolute atomic E-state index is 12.8. The number of nitrogens with zero attached hydrogens (tertiary/aromatic N) is 4. The molecule has 140 valence electrons. The van der Waals surface area contributed by atoms with Crippen LogP contribution in [0.3, 0.4) is 0 Å². The number of ether oxygens (including phenoxy) is 1. The summed E-state index contributed by atoms with van der Waals surface area (Å²) in [6, 6.07) is 3.69. The summed E-state index contributed by atoms with van der Waals surface area (Å²) < 4.78 is 34.7. The summed E-state index contributed by atoms with van der Waals surface area (Å²) in [7, 11) is -3.30. The molecule has 0 radical (unpaired) electrons. The Kier molecular flexibility index (Phi) is 6.24. The van der Waals surface area contributed by atoms with E-state index in [1.54, 1.807) is 8.61 Å². The molecule has 3 heterocycles. The number of aromatic nitrogens is 2. The first kappa shape index (κ1) is 18.5. The zero-order valence-corrected chi connectivity index (χ0v) is 15.7. The highest BCUT2D eigenvalue weighted by molar-refractivity contribution is 7.86. The Morgan fingerprint density at radius 2 is 1.64 bits per heavy atom. The van der Waals surface area contributed by atoms with E-state index < -0.39 is 10.2 Å². The Hall–Kier alpha value is -1.25. The van der Waals surface area contributed by atoms with Gasteiger partial charge in [0.15, 0.2) is 0 Å². The van der Waals surface area contributed by atoms with Gasteiger partial charge in [-0.05, 0) is 44.6 Å². The van der Waals surface area contributed by atoms with Crippen molar-refractivity contribution >= 4 is 10.2 Å². The molecule has 0 amide bonds. The van der Waals surface area contributed by atoms with Gasteiger partial charge in [-0.2, -0.15) is 22.1 Å². The number of aryl methyl sites for hydroxylation is 1. The minimum atomic E-state index is -3.30. The van der Waals surface area contributed by atoms with Gasteiger partial charge in [-0.25, -0.2) is 0 Å². The van der Waals surface area contributed by atoms with E-state index in [9.17, 15) is 8.42 Å². The van der Waals surface area contributed by atoms with Crippen LogP contribution < -0.4 is 4.74 Å². The molecule has 0 N–H and O–H groups in total. The zero-order valence-electron chi connectivity index (χ0n) is 14.9. The first-order valence-electron chi connectivity index (χ1n) is 9.24. The quantitative estimate of drug-likeness (QED) is 0.794. The fraction of sp³-hybridized carbons (Fsp3) is 0.765. The van der Waals surface area contributed by atoms with Gasteiger partial charge in [0.05, 0.1) is 12.3 Å². The van der Waals surface area contributed by atoms with Gasteiger partial charge in [0.25, 0.3) is 10.2 Å². The highest BCUT2D eigenvalue weighted by Gasteiger charge is 2.33. The standard InChI is InChI=1S/C17H28N4O3S/c1-15-6-7-17(19-18-15)24-14-16-8-12-21(13-9-16)25(22,23)20-10-4-2-3-5-11-20/h6-7,16H,2-5,8-14H2,1H3. The van der Waals surface area contributed by atoms with E-state index in [2.05, 4.69) is 10.2 Å². The van der Waals surface area contributed by atoms with Crippen LogP contribution in [0.5, 0.6) is 5.88 Å². The van der Waals surface area contributed by atoms with Crippen molar-refractivity contribution in [1.82, 2.24) is 18.8 Å². The summed E-state index contributed by atoms with van der Waals surface area (Å²) in [5.74, 6) is 0.893. The molecular formula is C17H28N4O3S. The molecule has 1 aromatic rings. The monoisotopic (exact) mass is 368 g/mol. The molecule has 0 bridgehead atoms. The second-order valence-corrected chi connectivity index (χ2v) is 8.92. The van der Waals surface area contributed by atoms with Crippen molar-refractivity contribution in [1.29, 1.82) is 0 Å². The lowest BCUT2D eigenvalue weighted by Gasteiger charge is -2.34. The van der Waals surface area contributed by atoms with Crippen molar-refractivity contribution in [2.45, 2.75) is 45.4 Å². The van der Waals surface area contributed by atoms with E-state index in [-0.39, 0.29) is 0 Å². The molecule has 25 heavy (non-hydrogen) atoms. The van der Waals surface area contributed by atoms with Crippen molar-refractivity contribution in [3.8, 4) is 5.88 Å². The van der Waals surface area contributed by atoms with Crippen LogP contribution in [-0.4, -0.2) is 60.0 Å². The van der Waals surface area contributed by atoms with Crippen molar-refractivity contribution in [2.75, 3.05) is 32.8 Å². The molecule has 2 fully saturated rings. The van der Waals surface area contributed by atoms with Gasteiger partial charge in [-0.3, -0.25) is 0 Å². The Balaban J connectivity index is 1.48. The average molecular weight is 369 g/mol. The van der Waals surface area contributed by atoms with Gasteiger partial charge in [0.1, 0.15) is 0 Å². The summed E-state index contributed by atoms with van der Waals surface area (Å²) in [6.45, 7) is 4.93. The summed E-state index contributed by atoms with van der Waals surface area (Å²) >= 11 is 0. The molecule has 0 saturated carbocycles. The molecular weight excluding hydrogens is 340 g/mol. The van der Waals surface area contributed by atoms with Gasteiger partial charge in [-0.15, -0.1) is 5.10 Å². The van der Waals surface area contributed by atoms with Crippen LogP contribution in [0, 0.1) is 12.8 Å². The van der Waals surface area contributed by atoms with E-state index >= 15 is 0 Å². The zero-order chi connectivity index (χ0) is 17.7. The Bertz CT molecular complexity index is 634. The van der Waals surface area contributed by atoms with Crippen LogP contribution in [0.4, 0.5) is 0 Å². The summed E-state index contributed by atoms with van der Waals surface area (Å²) in [6.07, 6.45) is 5.86. The van der Waals surface area contributed by atoms with Gasteiger partial charge in [0.2, 0.25) is 5.88 Å². The lowest BCUT2D eigenvalue weighted by Crippen LogP contribution is -2.47. The third-order valence-corrected chi connectivity index (χ3v) is 7.07. The summed E-state index contributed by atoms with van der Waals surface area (Å²) in [4.78, 5) is 0. The molecule has 1 aromatic heterocycles. The first-order chi connectivity index (χ1) is 12.1. The fourth-order valence-corrected chi connectivity index (χ4v) is 5.13. The van der Waals surface area contributed by atoms with Crippen LogP contribution in [0.25, 0.3) is 0 Å². The van der Waals surface area contributed by atoms with Crippen LogP contribution in [0.15, 0.2) is 12.1 Å². The molecule has 0 aliphatic carbocycles. The summed E-state index contributed by atoms with van der Waals surface area (Å²) in [5.41, 5.74) is 0.861. The molecule has 0 unspecified atom stereocenters. The molecule has 3 rings (SSSR count). The third-order valence-electron chi connectivity index (χ3n) is 5.03. The SMILES string of the molecule is Cc1ccc(OCC2CCN(S(=O)(=O)N3CCCCCC3)CC2)nn1. The van der Waals surface area contributed by atoms with Crippen LogP contribution in [0.2, 0.25) is 0 Å². The minimum Gasteiger partial charge on any atom is -0.476 e. The van der Waals surface area contributed by atoms with Gasteiger partial charge < -0.3 is 4.74 Å². The van der Waals surface area contributed by atoms with Gasteiger partial charge in [0, 0.05) is 32.2 Å². The van der Waals surface area contributed by atoms with Crippen LogP contribution in [0.1, 0.15) is 44.2 Å². The van der Waals surface area contributed by atoms with E-state index in [0.717, 1.165) is 44.2 Å². The molecule has 8 heteroatoms. The summed E-state index contributed by atoms with van der Waals surface area (Å²) in [5, 5.41) is 7.98. The minimum absolute atomic E-state index is 0.360. The third kappa shape index (κ3) is 4.89. The molecule has 0 atom stereocenters. The lowest BCUT2D eigenvalue weighted by molar-refractivity contribution is 0.175. The Morgan fingerprint density at radius 3 is 2.24 bits per heavy atom. The van der Waals surface area contributed by atoms with E-state index in [4.69, 9.17) is 4.74 Å². The fourth-order valence-electron chi connectivity index (χ4n) is 3.41. The van der Waals surface area contributed by atoms with Crippen molar-refractivity contribution in [2.24, 2.45) is 5.92 Å². The molecule has 0 aromatic carbocycles. The number of rotatable bonds is 5. The smallest absolute Gasteiger partial charge is 0.281 e. The maximum atomic E-state index is 12.8. The van der Waals surface area contributed by atoms with Crippen molar-refractivity contribution in [3.63, 3.8) is 0 Å². The van der Waals surface area contributed by atoms with Gasteiger partial charge in [-0.1, -0.05) is 12.8 Å². The van der Waals surface area contributed by atoms with E-state index in [1.807, 2.05) is 19.1 Å². The number of hydrogen-bond acceptors (Lipinski definition) is 5. The second kappa shape index (κ2) is 8.42. The van der Waals surface area contributed by atoms with Crippen molar-refractivity contribution in [3.05, 3.63) is 17.8 Å². The Labute approximate surface area is 150 Å². The highest BCUT2D eigenvalue weighted by Crippen LogP contribution is 2.24. The van der Waals surface area contributed by atoms with Crippen LogP contribution >= 0.6 is 0 Å². The van der Waals surface area contributed by atoms with E-state index in [1.165, 1.54) is 0 Å². The topological polar surface area (TPSA) is 75.6 Å². The normalized spacial score (nSPS) is 21.8. The number of piperidine rings is 1. The highest BCUT2D eigenvalue weighted by atomic mass is 32.2. The predicted molar refractivity (Wildman–Crippen MR) is 95.5 cm³/mol. The largest absolute Gasteiger partial charge is 0.476 e. The molecule has 2 saturated heterocycles. The maximum Gasteiger partial charge on any atom is 0.281 e. The lowest BCUT2D eigenvalue weighted by atomic mass is 9.99. The van der Waals surface area contributed by atoms with Crippen LogP contribution in [-0.2, 0) is 10.2 Å². The molecule has 2 aliphatic rings. The molecule has 2 aliphatic heterocycles. The average Bonchev–Trinajstić information content (AvgIpc) is 2.92. The second-order valence-electron chi connectivity index (χ2n) is 6.99. The van der Waals surface area contributed by atoms with E-state index in [0.29, 0.717) is 44.6 Å². The van der Waals surface area contributed by atoms with Crippen molar-refractivity contribution < 1.29 is 13.2 Å². The predicted octanol–water partition coefficient (Wildman–Crippen LogP) is 2.00. The van der Waals surface area contributed by atoms with Gasteiger partial charge >= 0.3 is 0 Å².